The zero-order valence-corrected chi connectivity index (χ0v) is 16.7. The molecule has 0 radical (unpaired) electrons. The van der Waals surface area contributed by atoms with Crippen LogP contribution in [-0.2, 0) is 14.1 Å². The van der Waals surface area contributed by atoms with Gasteiger partial charge in [-0.2, -0.15) is 0 Å². The molecule has 2 heterocycles. The molecule has 8 nitrogen and oxygen atoms in total. The van der Waals surface area contributed by atoms with Crippen LogP contribution in [0, 0.1) is 0 Å². The largest absolute Gasteiger partial charge is 0.347 e. The molecule has 0 spiro atoms. The van der Waals surface area contributed by atoms with Gasteiger partial charge in [0, 0.05) is 26.7 Å². The summed E-state index contributed by atoms with van der Waals surface area (Å²) in [7, 11) is 2.92. The number of nitrogens with zero attached hydrogens (tertiary/aromatic N) is 3. The van der Waals surface area contributed by atoms with Crippen LogP contribution in [0.25, 0.3) is 11.0 Å². The first-order chi connectivity index (χ1) is 11.4. The van der Waals surface area contributed by atoms with Crippen molar-refractivity contribution in [3.63, 3.8) is 0 Å². The molecule has 0 aliphatic carbocycles. The highest BCUT2D eigenvalue weighted by Gasteiger charge is 2.16. The average Bonchev–Trinajstić information content (AvgIpc) is 2.60. The Labute approximate surface area is 163 Å². The van der Waals surface area contributed by atoms with Crippen LogP contribution < -0.4 is 22.3 Å². The van der Waals surface area contributed by atoms with Crippen LogP contribution in [0.2, 0.25) is 0 Å². The molecule has 2 aromatic rings. The molecule has 0 saturated heterocycles. The quantitative estimate of drug-likeness (QED) is 0.735. The third-order valence-electron chi connectivity index (χ3n) is 4.06. The summed E-state index contributed by atoms with van der Waals surface area (Å²) in [6.07, 6.45) is 2.79. The fourth-order valence-electron chi connectivity index (χ4n) is 2.54. The Morgan fingerprint density at radius 1 is 1.23 bits per heavy atom. The third kappa shape index (κ3) is 4.84. The Hall–Kier alpha value is -1.90. The Morgan fingerprint density at radius 2 is 1.88 bits per heavy atom. The molecule has 0 aromatic carbocycles. The van der Waals surface area contributed by atoms with Gasteiger partial charge in [-0.25, -0.2) is 9.78 Å². The van der Waals surface area contributed by atoms with Crippen molar-refractivity contribution in [2.75, 3.05) is 6.54 Å². The number of aryl methyl sites for hydroxylation is 1. The van der Waals surface area contributed by atoms with Gasteiger partial charge in [-0.1, -0.05) is 19.8 Å². The summed E-state index contributed by atoms with van der Waals surface area (Å²) in [5.74, 6) is -0.364. The fraction of sp³-hybridized carbons (Fsp3) is 0.500. The SMILES string of the molecule is CCCCC(CN)NC(=O)c1ccc2c(=O)n(C)c(=O)n(C)c2n1.Cl.Cl. The van der Waals surface area contributed by atoms with E-state index in [2.05, 4.69) is 17.2 Å². The number of nitrogens with one attached hydrogen (secondary N) is 1. The molecule has 0 aliphatic rings. The maximum absolute atomic E-state index is 12.4. The lowest BCUT2D eigenvalue weighted by Gasteiger charge is -2.16. The monoisotopic (exact) mass is 405 g/mol. The molecule has 10 heteroatoms. The number of carbonyl (C=O) groups excluding carboxylic acids is 1. The van der Waals surface area contributed by atoms with Gasteiger partial charge in [0.1, 0.15) is 11.3 Å². The molecule has 3 N–H and O–H groups in total. The molecule has 1 atom stereocenters. The van der Waals surface area contributed by atoms with Crippen LogP contribution in [0.3, 0.4) is 0 Å². The molecule has 0 fully saturated rings. The van der Waals surface area contributed by atoms with Gasteiger partial charge in [-0.3, -0.25) is 18.7 Å². The van der Waals surface area contributed by atoms with Gasteiger partial charge in [0.25, 0.3) is 11.5 Å². The van der Waals surface area contributed by atoms with E-state index < -0.39 is 11.2 Å². The minimum absolute atomic E-state index is 0. The fourth-order valence-corrected chi connectivity index (χ4v) is 2.54. The van der Waals surface area contributed by atoms with Gasteiger partial charge in [-0.05, 0) is 18.6 Å². The maximum Gasteiger partial charge on any atom is 0.332 e. The molecule has 0 bridgehead atoms. The highest BCUT2D eigenvalue weighted by atomic mass is 35.5. The molecule has 0 aliphatic heterocycles. The highest BCUT2D eigenvalue weighted by Crippen LogP contribution is 2.07. The predicted octanol–water partition coefficient (Wildman–Crippen LogP) is 0.723. The van der Waals surface area contributed by atoms with Gasteiger partial charge < -0.3 is 11.1 Å². The number of hydrogen-bond acceptors (Lipinski definition) is 5. The number of fused-ring (bicyclic) bond motifs is 1. The summed E-state index contributed by atoms with van der Waals surface area (Å²) in [5, 5.41) is 3.13. The van der Waals surface area contributed by atoms with Gasteiger partial charge in [0.2, 0.25) is 0 Å². The second-order valence-electron chi connectivity index (χ2n) is 5.82. The number of halogens is 2. The lowest BCUT2D eigenvalue weighted by atomic mass is 10.1. The summed E-state index contributed by atoms with van der Waals surface area (Å²) in [6.45, 7) is 2.42. The van der Waals surface area contributed by atoms with Crippen molar-refractivity contribution in [1.82, 2.24) is 19.4 Å². The van der Waals surface area contributed by atoms with Crippen molar-refractivity contribution in [2.24, 2.45) is 19.8 Å². The predicted molar refractivity (Wildman–Crippen MR) is 107 cm³/mol. The summed E-state index contributed by atoms with van der Waals surface area (Å²) in [4.78, 5) is 40.7. The number of amides is 1. The van der Waals surface area contributed by atoms with Crippen LogP contribution in [0.15, 0.2) is 21.7 Å². The highest BCUT2D eigenvalue weighted by molar-refractivity contribution is 5.94. The van der Waals surface area contributed by atoms with Crippen LogP contribution >= 0.6 is 24.8 Å². The number of pyridine rings is 1. The number of unbranched alkanes of at least 4 members (excludes halogenated alkanes) is 1. The Balaban J connectivity index is 0.00000312. The minimum Gasteiger partial charge on any atom is -0.347 e. The topological polar surface area (TPSA) is 112 Å². The summed E-state index contributed by atoms with van der Waals surface area (Å²) < 4.78 is 2.27. The van der Waals surface area contributed by atoms with Crippen molar-refractivity contribution in [3.05, 3.63) is 38.7 Å². The first kappa shape index (κ1) is 24.1. The number of rotatable bonds is 6. The van der Waals surface area contributed by atoms with E-state index in [9.17, 15) is 14.4 Å². The van der Waals surface area contributed by atoms with Crippen LogP contribution in [0.1, 0.15) is 36.7 Å². The van der Waals surface area contributed by atoms with Crippen molar-refractivity contribution in [3.8, 4) is 0 Å². The standard InChI is InChI=1S/C16H23N5O3.2ClH/c1-4-5-6-10(9-17)18-14(22)12-8-7-11-13(19-12)20(2)16(24)21(3)15(11)23;;/h7-8,10H,4-6,9,17H2,1-3H3,(H,18,22);2*1H. The number of aromatic nitrogens is 3. The van der Waals surface area contributed by atoms with Crippen LogP contribution in [0.5, 0.6) is 0 Å². The van der Waals surface area contributed by atoms with E-state index in [0.717, 1.165) is 23.8 Å². The van der Waals surface area contributed by atoms with E-state index in [1.165, 1.54) is 30.8 Å². The van der Waals surface area contributed by atoms with E-state index in [0.29, 0.717) is 6.54 Å². The van der Waals surface area contributed by atoms with Gasteiger partial charge >= 0.3 is 5.69 Å². The van der Waals surface area contributed by atoms with Gasteiger partial charge in [0.05, 0.1) is 5.39 Å². The summed E-state index contributed by atoms with van der Waals surface area (Å²) in [6, 6.07) is 2.88. The number of nitrogens with two attached hydrogens (primary N) is 1. The van der Waals surface area contributed by atoms with Crippen molar-refractivity contribution >= 4 is 41.8 Å². The lowest BCUT2D eigenvalue weighted by molar-refractivity contribution is 0.0931. The third-order valence-corrected chi connectivity index (χ3v) is 4.06. The van der Waals surface area contributed by atoms with Crippen molar-refractivity contribution in [1.29, 1.82) is 0 Å². The Bertz CT molecular complexity index is 879. The Kier molecular flexibility index (Phi) is 9.55. The molecule has 146 valence electrons. The second-order valence-corrected chi connectivity index (χ2v) is 5.82. The Morgan fingerprint density at radius 3 is 2.46 bits per heavy atom. The van der Waals surface area contributed by atoms with Crippen LogP contribution in [0.4, 0.5) is 0 Å². The smallest absolute Gasteiger partial charge is 0.332 e. The number of carbonyl (C=O) groups is 1. The molecule has 2 rings (SSSR count). The molecule has 1 amide bonds. The van der Waals surface area contributed by atoms with E-state index in [1.54, 1.807) is 0 Å². The molecule has 26 heavy (non-hydrogen) atoms. The van der Waals surface area contributed by atoms with E-state index >= 15 is 0 Å². The summed E-state index contributed by atoms with van der Waals surface area (Å²) in [5.41, 5.74) is 5.11. The van der Waals surface area contributed by atoms with Crippen molar-refractivity contribution in [2.45, 2.75) is 32.2 Å². The molecule has 2 aromatic heterocycles. The van der Waals surface area contributed by atoms with Crippen molar-refractivity contribution < 1.29 is 4.79 Å². The zero-order valence-electron chi connectivity index (χ0n) is 15.0. The first-order valence-electron chi connectivity index (χ1n) is 7.98. The first-order valence-corrected chi connectivity index (χ1v) is 7.98. The molecular formula is C16H25Cl2N5O3. The lowest BCUT2D eigenvalue weighted by Crippen LogP contribution is -2.41. The number of hydrogen-bond donors (Lipinski definition) is 2. The normalized spacial score (nSPS) is 11.4. The molecule has 0 saturated carbocycles. The second kappa shape index (κ2) is 10.3. The van der Waals surface area contributed by atoms with E-state index in [4.69, 9.17) is 5.73 Å². The maximum atomic E-state index is 12.4. The zero-order chi connectivity index (χ0) is 17.9. The summed E-state index contributed by atoms with van der Waals surface area (Å²) >= 11 is 0. The van der Waals surface area contributed by atoms with E-state index in [-0.39, 0.29) is 53.5 Å². The average molecular weight is 406 g/mol. The van der Waals surface area contributed by atoms with Gasteiger partial charge in [-0.15, -0.1) is 24.8 Å². The molecule has 1 unspecified atom stereocenters. The van der Waals surface area contributed by atoms with Gasteiger partial charge in [0.15, 0.2) is 0 Å². The molecular weight excluding hydrogens is 381 g/mol. The minimum atomic E-state index is -0.486. The van der Waals surface area contributed by atoms with E-state index in [1.807, 2.05) is 0 Å². The van der Waals surface area contributed by atoms with Crippen LogP contribution in [-0.4, -0.2) is 32.6 Å².